The van der Waals surface area contributed by atoms with Crippen molar-refractivity contribution in [3.8, 4) is 0 Å². The molecule has 0 aromatic heterocycles. The molecule has 0 unspecified atom stereocenters. The molecule has 0 aliphatic heterocycles. The van der Waals surface area contributed by atoms with E-state index in [0.29, 0.717) is 35.3 Å². The van der Waals surface area contributed by atoms with E-state index in [1.165, 1.54) is 0 Å². The average Bonchev–Trinajstić information content (AvgIpc) is 2.64. The van der Waals surface area contributed by atoms with Gasteiger partial charge in [-0.2, -0.15) is 0 Å². The second-order valence-electron chi connectivity index (χ2n) is 6.92. The number of nitrogens with one attached hydrogen (secondary N) is 1. The molecule has 4 nitrogen and oxygen atoms in total. The summed E-state index contributed by atoms with van der Waals surface area (Å²) in [6.45, 7) is 9.91. The molecule has 0 aliphatic rings. The molecule has 0 atom stereocenters. The SMILES string of the molecule is CC(C)N(CCNC(=O)c1ccccc1C(=O)c1ccccc1)C(C)C. The third-order valence-corrected chi connectivity index (χ3v) is 4.43. The summed E-state index contributed by atoms with van der Waals surface area (Å²) in [6, 6.07) is 16.8. The molecule has 1 N–H and O–H groups in total. The van der Waals surface area contributed by atoms with Crippen LogP contribution in [0.15, 0.2) is 54.6 Å². The van der Waals surface area contributed by atoms with Crippen LogP contribution in [-0.4, -0.2) is 41.8 Å². The van der Waals surface area contributed by atoms with Gasteiger partial charge in [-0.3, -0.25) is 14.5 Å². The van der Waals surface area contributed by atoms with Crippen molar-refractivity contribution in [3.05, 3.63) is 71.3 Å². The van der Waals surface area contributed by atoms with E-state index >= 15 is 0 Å². The first-order valence-corrected chi connectivity index (χ1v) is 9.14. The molecule has 0 saturated heterocycles. The Hall–Kier alpha value is -2.46. The maximum Gasteiger partial charge on any atom is 0.252 e. The van der Waals surface area contributed by atoms with Crippen molar-refractivity contribution >= 4 is 11.7 Å². The first-order chi connectivity index (χ1) is 12.4. The fraction of sp³-hybridized carbons (Fsp3) is 0.364. The number of amides is 1. The smallest absolute Gasteiger partial charge is 0.252 e. The second kappa shape index (κ2) is 9.30. The topological polar surface area (TPSA) is 49.4 Å². The van der Waals surface area contributed by atoms with Gasteiger partial charge in [-0.05, 0) is 33.8 Å². The van der Waals surface area contributed by atoms with E-state index in [1.54, 1.807) is 36.4 Å². The van der Waals surface area contributed by atoms with Gasteiger partial charge in [0.15, 0.2) is 5.78 Å². The minimum absolute atomic E-state index is 0.137. The van der Waals surface area contributed by atoms with Gasteiger partial charge in [0, 0.05) is 36.3 Å². The van der Waals surface area contributed by atoms with E-state index in [2.05, 4.69) is 37.9 Å². The quantitative estimate of drug-likeness (QED) is 0.736. The zero-order chi connectivity index (χ0) is 19.1. The van der Waals surface area contributed by atoms with Crippen molar-refractivity contribution in [2.75, 3.05) is 13.1 Å². The Labute approximate surface area is 156 Å². The van der Waals surface area contributed by atoms with Gasteiger partial charge in [0.05, 0.1) is 5.56 Å². The lowest BCUT2D eigenvalue weighted by Crippen LogP contribution is -2.42. The Bertz CT molecular complexity index is 731. The highest BCUT2D eigenvalue weighted by molar-refractivity contribution is 6.15. The van der Waals surface area contributed by atoms with Crippen LogP contribution in [0.25, 0.3) is 0 Å². The molecule has 2 rings (SSSR count). The molecule has 2 aromatic rings. The summed E-state index contributed by atoms with van der Waals surface area (Å²) in [5, 5.41) is 2.95. The lowest BCUT2D eigenvalue weighted by Gasteiger charge is -2.30. The van der Waals surface area contributed by atoms with E-state index in [9.17, 15) is 9.59 Å². The number of rotatable bonds is 8. The van der Waals surface area contributed by atoms with Gasteiger partial charge in [0.2, 0.25) is 0 Å². The summed E-state index contributed by atoms with van der Waals surface area (Å²) >= 11 is 0. The summed E-state index contributed by atoms with van der Waals surface area (Å²) in [4.78, 5) is 27.7. The molecule has 0 aliphatic carbocycles. The molecule has 0 bridgehead atoms. The van der Waals surface area contributed by atoms with E-state index < -0.39 is 0 Å². The highest BCUT2D eigenvalue weighted by atomic mass is 16.2. The predicted octanol–water partition coefficient (Wildman–Crippen LogP) is 3.77. The standard InChI is InChI=1S/C22H28N2O2/c1-16(2)24(17(3)4)15-14-23-22(26)20-13-9-8-12-19(20)21(25)18-10-6-5-7-11-18/h5-13,16-17H,14-15H2,1-4H3,(H,23,26). The molecular weight excluding hydrogens is 324 g/mol. The highest BCUT2D eigenvalue weighted by Crippen LogP contribution is 2.15. The number of nitrogens with zero attached hydrogens (tertiary/aromatic N) is 1. The van der Waals surface area contributed by atoms with Crippen molar-refractivity contribution in [1.82, 2.24) is 10.2 Å². The fourth-order valence-electron chi connectivity index (χ4n) is 3.13. The van der Waals surface area contributed by atoms with Crippen molar-refractivity contribution in [2.24, 2.45) is 0 Å². The molecular formula is C22H28N2O2. The number of benzene rings is 2. The monoisotopic (exact) mass is 352 g/mol. The number of carbonyl (C=O) groups excluding carboxylic acids is 2. The van der Waals surface area contributed by atoms with Gasteiger partial charge in [0.25, 0.3) is 5.91 Å². The van der Waals surface area contributed by atoms with Crippen LogP contribution in [0, 0.1) is 0 Å². The van der Waals surface area contributed by atoms with Crippen LogP contribution >= 0.6 is 0 Å². The zero-order valence-electron chi connectivity index (χ0n) is 16.0. The first-order valence-electron chi connectivity index (χ1n) is 9.14. The molecule has 2 aromatic carbocycles. The van der Waals surface area contributed by atoms with Crippen LogP contribution in [0.4, 0.5) is 0 Å². The Morgan fingerprint density at radius 3 is 1.96 bits per heavy atom. The van der Waals surface area contributed by atoms with Crippen LogP contribution in [0.5, 0.6) is 0 Å². The Morgan fingerprint density at radius 2 is 1.38 bits per heavy atom. The maximum absolute atomic E-state index is 12.7. The molecule has 0 spiro atoms. The van der Waals surface area contributed by atoms with Crippen molar-refractivity contribution in [1.29, 1.82) is 0 Å². The van der Waals surface area contributed by atoms with Gasteiger partial charge < -0.3 is 5.32 Å². The lowest BCUT2D eigenvalue weighted by atomic mass is 9.98. The van der Waals surface area contributed by atoms with Gasteiger partial charge in [-0.1, -0.05) is 48.5 Å². The number of hydrogen-bond acceptors (Lipinski definition) is 3. The van der Waals surface area contributed by atoms with Gasteiger partial charge >= 0.3 is 0 Å². The van der Waals surface area contributed by atoms with Crippen molar-refractivity contribution < 1.29 is 9.59 Å². The van der Waals surface area contributed by atoms with E-state index in [0.717, 1.165) is 6.54 Å². The Morgan fingerprint density at radius 1 is 0.846 bits per heavy atom. The second-order valence-corrected chi connectivity index (χ2v) is 6.92. The minimum atomic E-state index is -0.211. The van der Waals surface area contributed by atoms with Gasteiger partial charge in [0.1, 0.15) is 0 Å². The largest absolute Gasteiger partial charge is 0.351 e. The van der Waals surface area contributed by atoms with Gasteiger partial charge in [-0.15, -0.1) is 0 Å². The molecule has 0 radical (unpaired) electrons. The van der Waals surface area contributed by atoms with Crippen molar-refractivity contribution in [2.45, 2.75) is 39.8 Å². The summed E-state index contributed by atoms with van der Waals surface area (Å²) < 4.78 is 0. The molecule has 0 fully saturated rings. The zero-order valence-corrected chi connectivity index (χ0v) is 16.0. The Kier molecular flexibility index (Phi) is 7.10. The van der Waals surface area contributed by atoms with Crippen LogP contribution in [0.1, 0.15) is 54.0 Å². The van der Waals surface area contributed by atoms with Crippen molar-refractivity contribution in [3.63, 3.8) is 0 Å². The van der Waals surface area contributed by atoms with Crippen LogP contribution in [-0.2, 0) is 0 Å². The number of hydrogen-bond donors (Lipinski definition) is 1. The third kappa shape index (κ3) is 5.02. The molecule has 26 heavy (non-hydrogen) atoms. The summed E-state index contributed by atoms with van der Waals surface area (Å²) in [6.07, 6.45) is 0. The molecule has 138 valence electrons. The van der Waals surface area contributed by atoms with Crippen LogP contribution in [0.3, 0.4) is 0 Å². The highest BCUT2D eigenvalue weighted by Gasteiger charge is 2.18. The molecule has 0 heterocycles. The molecule has 0 saturated carbocycles. The predicted molar refractivity (Wildman–Crippen MR) is 106 cm³/mol. The summed E-state index contributed by atoms with van der Waals surface area (Å²) in [5.41, 5.74) is 1.43. The normalized spacial score (nSPS) is 11.2. The van der Waals surface area contributed by atoms with E-state index in [-0.39, 0.29) is 11.7 Å². The van der Waals surface area contributed by atoms with E-state index in [1.807, 2.05) is 18.2 Å². The molecule has 1 amide bonds. The van der Waals surface area contributed by atoms with E-state index in [4.69, 9.17) is 0 Å². The third-order valence-electron chi connectivity index (χ3n) is 4.43. The van der Waals surface area contributed by atoms with Gasteiger partial charge in [-0.25, -0.2) is 0 Å². The average molecular weight is 352 g/mol. The summed E-state index contributed by atoms with van der Waals surface area (Å²) in [7, 11) is 0. The number of ketones is 1. The fourth-order valence-corrected chi connectivity index (χ4v) is 3.13. The molecule has 4 heteroatoms. The summed E-state index contributed by atoms with van der Waals surface area (Å²) in [5.74, 6) is -0.348. The van der Waals surface area contributed by atoms with Crippen LogP contribution in [0.2, 0.25) is 0 Å². The Balaban J connectivity index is 2.09. The maximum atomic E-state index is 12.7. The first kappa shape index (κ1) is 19.9. The minimum Gasteiger partial charge on any atom is -0.351 e. The lowest BCUT2D eigenvalue weighted by molar-refractivity contribution is 0.0929. The number of carbonyl (C=O) groups is 2. The van der Waals surface area contributed by atoms with Crippen LogP contribution < -0.4 is 5.32 Å².